The number of nitrogens with zero attached hydrogens (tertiary/aromatic N) is 2. The molecule has 0 unspecified atom stereocenters. The Bertz CT molecular complexity index is 930. The van der Waals surface area contributed by atoms with Gasteiger partial charge in [0.25, 0.3) is 0 Å². The first kappa shape index (κ1) is 12.7. The molecule has 0 radical (unpaired) electrons. The Morgan fingerprint density at radius 3 is 2.81 bits per heavy atom. The van der Waals surface area contributed by atoms with Crippen LogP contribution in [-0.2, 0) is 0 Å². The van der Waals surface area contributed by atoms with Gasteiger partial charge in [0, 0.05) is 21.8 Å². The second kappa shape index (κ2) is 4.75. The van der Waals surface area contributed by atoms with Crippen molar-refractivity contribution in [2.45, 2.75) is 0 Å². The molecule has 0 aliphatic heterocycles. The molecule has 21 heavy (non-hydrogen) atoms. The highest BCUT2D eigenvalue weighted by atomic mass is 32.1. The molecule has 0 fully saturated rings. The van der Waals surface area contributed by atoms with Crippen LogP contribution in [0.5, 0.6) is 0 Å². The highest BCUT2D eigenvalue weighted by Gasteiger charge is 2.12. The topological polar surface area (TPSA) is 37.8 Å². The Kier molecular flexibility index (Phi) is 2.87. The molecule has 104 valence electrons. The maximum atomic E-state index is 13.4. The van der Waals surface area contributed by atoms with Crippen LogP contribution in [0, 0.1) is 5.82 Å². The third kappa shape index (κ3) is 2.07. The van der Waals surface area contributed by atoms with E-state index in [1.165, 1.54) is 21.5 Å². The summed E-state index contributed by atoms with van der Waals surface area (Å²) in [6, 6.07) is 8.77. The summed E-state index contributed by atoms with van der Waals surface area (Å²) in [5.74, 6) is 1.03. The Morgan fingerprint density at radius 2 is 2.00 bits per heavy atom. The number of thiophene rings is 2. The predicted octanol–water partition coefficient (Wildman–Crippen LogP) is 4.75. The molecule has 1 N–H and O–H groups in total. The summed E-state index contributed by atoms with van der Waals surface area (Å²) in [7, 11) is 1.78. The van der Waals surface area contributed by atoms with E-state index >= 15 is 0 Å². The second-order valence-corrected chi connectivity index (χ2v) is 6.60. The molecule has 0 spiro atoms. The van der Waals surface area contributed by atoms with E-state index in [-0.39, 0.29) is 5.82 Å². The van der Waals surface area contributed by atoms with Crippen molar-refractivity contribution in [2.75, 3.05) is 12.4 Å². The summed E-state index contributed by atoms with van der Waals surface area (Å²) in [5.41, 5.74) is 0.738. The van der Waals surface area contributed by atoms with Crippen molar-refractivity contribution in [3.05, 3.63) is 41.5 Å². The van der Waals surface area contributed by atoms with Gasteiger partial charge in [0.1, 0.15) is 11.6 Å². The molecule has 0 amide bonds. The molecular formula is C15H10FN3S2. The van der Waals surface area contributed by atoms with E-state index in [2.05, 4.69) is 32.8 Å². The second-order valence-electron chi connectivity index (χ2n) is 4.57. The third-order valence-corrected chi connectivity index (χ3v) is 5.34. The summed E-state index contributed by atoms with van der Waals surface area (Å²) in [5, 5.41) is 5.80. The Hall–Kier alpha value is -2.05. The molecule has 1 aromatic carbocycles. The molecule has 0 atom stereocenters. The monoisotopic (exact) mass is 315 g/mol. The van der Waals surface area contributed by atoms with Crippen molar-refractivity contribution < 1.29 is 4.39 Å². The van der Waals surface area contributed by atoms with E-state index in [0.29, 0.717) is 17.0 Å². The number of hydrogen-bond acceptors (Lipinski definition) is 5. The van der Waals surface area contributed by atoms with Crippen LogP contribution in [0.4, 0.5) is 10.2 Å². The zero-order valence-corrected chi connectivity index (χ0v) is 12.7. The molecule has 4 aromatic rings. The van der Waals surface area contributed by atoms with Gasteiger partial charge in [-0.3, -0.25) is 0 Å². The normalized spacial score (nSPS) is 11.3. The first-order valence-corrected chi connectivity index (χ1v) is 8.07. The van der Waals surface area contributed by atoms with Gasteiger partial charge in [0.05, 0.1) is 10.4 Å². The largest absolute Gasteiger partial charge is 0.373 e. The van der Waals surface area contributed by atoms with Gasteiger partial charge in [-0.2, -0.15) is 0 Å². The molecule has 3 nitrogen and oxygen atoms in total. The summed E-state index contributed by atoms with van der Waals surface area (Å²) in [4.78, 5) is 10.1. The first-order valence-electron chi connectivity index (χ1n) is 6.37. The van der Waals surface area contributed by atoms with Crippen LogP contribution in [0.1, 0.15) is 0 Å². The van der Waals surface area contributed by atoms with Gasteiger partial charge in [0.15, 0.2) is 5.82 Å². The molecule has 0 aliphatic rings. The van der Waals surface area contributed by atoms with Crippen LogP contribution in [0.15, 0.2) is 35.7 Å². The van der Waals surface area contributed by atoms with Crippen LogP contribution in [0.25, 0.3) is 31.0 Å². The summed E-state index contributed by atoms with van der Waals surface area (Å²) < 4.78 is 15.9. The number of benzene rings is 1. The predicted molar refractivity (Wildman–Crippen MR) is 87.7 cm³/mol. The minimum Gasteiger partial charge on any atom is -0.373 e. The Morgan fingerprint density at radius 1 is 1.10 bits per heavy atom. The van der Waals surface area contributed by atoms with Crippen molar-refractivity contribution >= 4 is 48.8 Å². The lowest BCUT2D eigenvalue weighted by molar-refractivity contribution is 0.629. The van der Waals surface area contributed by atoms with Crippen LogP contribution >= 0.6 is 22.7 Å². The van der Waals surface area contributed by atoms with Crippen molar-refractivity contribution in [1.29, 1.82) is 0 Å². The van der Waals surface area contributed by atoms with E-state index in [4.69, 9.17) is 0 Å². The Balaban J connectivity index is 1.96. The zero-order chi connectivity index (χ0) is 14.4. The van der Waals surface area contributed by atoms with E-state index < -0.39 is 0 Å². The maximum absolute atomic E-state index is 13.4. The van der Waals surface area contributed by atoms with Crippen molar-refractivity contribution in [2.24, 2.45) is 0 Å². The zero-order valence-electron chi connectivity index (χ0n) is 11.1. The van der Waals surface area contributed by atoms with E-state index in [1.807, 2.05) is 0 Å². The minimum absolute atomic E-state index is 0.285. The molecule has 6 heteroatoms. The van der Waals surface area contributed by atoms with Crippen LogP contribution in [-0.4, -0.2) is 17.0 Å². The lowest BCUT2D eigenvalue weighted by atomic mass is 10.2. The minimum atomic E-state index is -0.285. The lowest BCUT2D eigenvalue weighted by Gasteiger charge is -2.07. The summed E-state index contributed by atoms with van der Waals surface area (Å²) in [6.45, 7) is 0. The van der Waals surface area contributed by atoms with E-state index in [9.17, 15) is 4.39 Å². The van der Waals surface area contributed by atoms with Crippen LogP contribution < -0.4 is 5.32 Å². The van der Waals surface area contributed by atoms with E-state index in [1.54, 1.807) is 35.8 Å². The fourth-order valence-corrected chi connectivity index (χ4v) is 4.32. The molecule has 3 aromatic heterocycles. The summed E-state index contributed by atoms with van der Waals surface area (Å²) >= 11 is 3.38. The van der Waals surface area contributed by atoms with Gasteiger partial charge in [-0.1, -0.05) is 0 Å². The number of aromatic nitrogens is 2. The van der Waals surface area contributed by atoms with Crippen molar-refractivity contribution in [3.63, 3.8) is 0 Å². The van der Waals surface area contributed by atoms with Gasteiger partial charge in [-0.25, -0.2) is 14.4 Å². The fraction of sp³-hybridized carbons (Fsp3) is 0.0667. The molecule has 0 bridgehead atoms. The van der Waals surface area contributed by atoms with Crippen LogP contribution in [0.2, 0.25) is 0 Å². The average Bonchev–Trinajstić information content (AvgIpc) is 3.07. The molecule has 0 aliphatic carbocycles. The molecular weight excluding hydrogens is 305 g/mol. The van der Waals surface area contributed by atoms with Crippen LogP contribution in [0.3, 0.4) is 0 Å². The van der Waals surface area contributed by atoms with E-state index in [0.717, 1.165) is 10.4 Å². The van der Waals surface area contributed by atoms with Gasteiger partial charge in [-0.15, -0.1) is 22.7 Å². The SMILES string of the molecule is CNc1nc(-c2cc3sccc3s2)nc2ccc(F)cc12. The first-order chi connectivity index (χ1) is 10.2. The third-order valence-electron chi connectivity index (χ3n) is 3.25. The quantitative estimate of drug-likeness (QED) is 0.580. The number of rotatable bonds is 2. The Labute approximate surface area is 128 Å². The molecule has 3 heterocycles. The number of nitrogens with one attached hydrogen (secondary N) is 1. The molecule has 4 rings (SSSR count). The average molecular weight is 315 g/mol. The number of anilines is 1. The molecule has 0 saturated heterocycles. The summed E-state index contributed by atoms with van der Waals surface area (Å²) in [6.07, 6.45) is 0. The highest BCUT2D eigenvalue weighted by Crippen LogP contribution is 2.36. The smallest absolute Gasteiger partial charge is 0.172 e. The van der Waals surface area contributed by atoms with Gasteiger partial charge >= 0.3 is 0 Å². The van der Waals surface area contributed by atoms with Crippen molar-refractivity contribution in [1.82, 2.24) is 9.97 Å². The number of hydrogen-bond donors (Lipinski definition) is 1. The molecule has 0 saturated carbocycles. The maximum Gasteiger partial charge on any atom is 0.172 e. The standard InChI is InChI=1S/C15H10FN3S2/c1-17-14-9-6-8(16)2-3-10(9)18-15(19-14)13-7-12-11(21-13)4-5-20-12/h2-7H,1H3,(H,17,18,19). The number of halogens is 1. The van der Waals surface area contributed by atoms with Crippen molar-refractivity contribution in [3.8, 4) is 10.7 Å². The fourth-order valence-electron chi connectivity index (χ4n) is 2.28. The van der Waals surface area contributed by atoms with Gasteiger partial charge in [0.2, 0.25) is 0 Å². The number of fused-ring (bicyclic) bond motifs is 2. The van der Waals surface area contributed by atoms with Gasteiger partial charge in [-0.05, 0) is 35.7 Å². The van der Waals surface area contributed by atoms with Gasteiger partial charge < -0.3 is 5.32 Å². The lowest BCUT2D eigenvalue weighted by Crippen LogP contribution is -1.98. The highest BCUT2D eigenvalue weighted by molar-refractivity contribution is 7.28.